The van der Waals surface area contributed by atoms with E-state index in [1.807, 2.05) is 0 Å². The molecule has 6 rings (SSSR count). The number of ether oxygens (including phenoxy) is 1. The largest absolute Gasteiger partial charge is 0.495 e. The number of β-amino-alcohol motifs (C(OH)–C–C–N with tert-alkyl or cyclic N) is 1. The van der Waals surface area contributed by atoms with Crippen LogP contribution in [0.4, 0.5) is 11.5 Å². The summed E-state index contributed by atoms with van der Waals surface area (Å²) in [4.78, 5) is 2.21. The number of benzene rings is 2. The van der Waals surface area contributed by atoms with Gasteiger partial charge in [0.1, 0.15) is 10.6 Å². The van der Waals surface area contributed by atoms with Gasteiger partial charge in [-0.1, -0.05) is 23.4 Å². The maximum absolute atomic E-state index is 13.5. The molecule has 2 aromatic carbocycles. The average Bonchev–Trinajstić information content (AvgIpc) is 3.45. The van der Waals surface area contributed by atoms with Crippen LogP contribution in [0.2, 0.25) is 0 Å². The van der Waals surface area contributed by atoms with Gasteiger partial charge in [-0.25, -0.2) is 12.7 Å². The van der Waals surface area contributed by atoms with E-state index in [9.17, 15) is 13.5 Å². The van der Waals surface area contributed by atoms with E-state index in [4.69, 9.17) is 9.26 Å². The lowest BCUT2D eigenvalue weighted by molar-refractivity contribution is 0.142. The summed E-state index contributed by atoms with van der Waals surface area (Å²) in [5, 5.41) is 13.9. The quantitative estimate of drug-likeness (QED) is 0.616. The van der Waals surface area contributed by atoms with E-state index >= 15 is 0 Å². The number of nitrogens with zero attached hydrogens (tertiary/aromatic N) is 3. The smallest absolute Gasteiger partial charge is 0.269 e. The van der Waals surface area contributed by atoms with Crippen LogP contribution < -0.4 is 13.9 Å². The van der Waals surface area contributed by atoms with Crippen LogP contribution in [0.15, 0.2) is 51.9 Å². The Morgan fingerprint density at radius 3 is 2.67 bits per heavy atom. The molecule has 1 saturated heterocycles. The lowest BCUT2D eigenvalue weighted by atomic mass is 9.79. The SMILES string of the molecule is COc1ccccc1S(=O)(=O)N(C)c1noc2c1CC1(CC1)c1ccc(N3CC(O)C3)cc1-2. The molecule has 0 unspecified atom stereocenters. The van der Waals surface area contributed by atoms with Gasteiger partial charge in [-0.05, 0) is 49.1 Å². The lowest BCUT2D eigenvalue weighted by Crippen LogP contribution is -2.50. The van der Waals surface area contributed by atoms with Crippen molar-refractivity contribution in [2.75, 3.05) is 36.5 Å². The van der Waals surface area contributed by atoms with Crippen molar-refractivity contribution in [3.8, 4) is 17.1 Å². The highest BCUT2D eigenvalue weighted by Crippen LogP contribution is 2.59. The first kappa shape index (κ1) is 20.6. The molecule has 0 atom stereocenters. The highest BCUT2D eigenvalue weighted by Gasteiger charge is 2.51. The molecule has 2 heterocycles. The van der Waals surface area contributed by atoms with E-state index in [2.05, 4.69) is 28.3 Å². The van der Waals surface area contributed by atoms with Crippen molar-refractivity contribution in [1.82, 2.24) is 5.16 Å². The fourth-order valence-electron chi connectivity index (χ4n) is 5.09. The molecule has 1 saturated carbocycles. The van der Waals surface area contributed by atoms with E-state index in [1.165, 1.54) is 30.1 Å². The van der Waals surface area contributed by atoms with Gasteiger partial charge in [0.15, 0.2) is 11.6 Å². The molecule has 2 fully saturated rings. The molecule has 0 radical (unpaired) electrons. The Morgan fingerprint density at radius 2 is 1.97 bits per heavy atom. The molecule has 0 amide bonds. The molecule has 172 valence electrons. The van der Waals surface area contributed by atoms with Crippen LogP contribution in [0.3, 0.4) is 0 Å². The number of rotatable bonds is 5. The Kier molecular flexibility index (Phi) is 4.35. The zero-order valence-electron chi connectivity index (χ0n) is 18.5. The monoisotopic (exact) mass is 467 g/mol. The predicted octanol–water partition coefficient (Wildman–Crippen LogP) is 2.94. The third-order valence-corrected chi connectivity index (χ3v) is 8.98. The van der Waals surface area contributed by atoms with Crippen LogP contribution in [0.1, 0.15) is 24.0 Å². The minimum atomic E-state index is -3.91. The number of anilines is 2. The van der Waals surface area contributed by atoms with Gasteiger partial charge in [-0.15, -0.1) is 0 Å². The first-order valence-electron chi connectivity index (χ1n) is 11.0. The molecule has 2 aliphatic carbocycles. The summed E-state index contributed by atoms with van der Waals surface area (Å²) in [6.45, 7) is 1.22. The van der Waals surface area contributed by atoms with Gasteiger partial charge >= 0.3 is 0 Å². The minimum absolute atomic E-state index is 0.00463. The van der Waals surface area contributed by atoms with Crippen LogP contribution in [-0.4, -0.2) is 52.0 Å². The van der Waals surface area contributed by atoms with E-state index in [-0.39, 0.29) is 22.2 Å². The fraction of sp³-hybridized carbons (Fsp3) is 0.375. The fourth-order valence-corrected chi connectivity index (χ4v) is 6.41. The van der Waals surface area contributed by atoms with Crippen molar-refractivity contribution in [2.45, 2.75) is 35.7 Å². The third-order valence-electron chi connectivity index (χ3n) is 7.19. The molecule has 9 heteroatoms. The molecule has 1 spiro atoms. The van der Waals surface area contributed by atoms with Crippen molar-refractivity contribution < 1.29 is 22.8 Å². The summed E-state index contributed by atoms with van der Waals surface area (Å²) < 4.78 is 39.2. The maximum atomic E-state index is 13.5. The molecule has 33 heavy (non-hydrogen) atoms. The van der Waals surface area contributed by atoms with Crippen molar-refractivity contribution in [3.05, 3.63) is 53.6 Å². The molecule has 1 N–H and O–H groups in total. The van der Waals surface area contributed by atoms with Gasteiger partial charge in [-0.3, -0.25) is 0 Å². The second-order valence-corrected chi connectivity index (χ2v) is 11.1. The highest BCUT2D eigenvalue weighted by atomic mass is 32.2. The molecular formula is C24H25N3O5S. The summed E-state index contributed by atoms with van der Waals surface area (Å²) >= 11 is 0. The van der Waals surface area contributed by atoms with E-state index in [0.29, 0.717) is 31.1 Å². The van der Waals surface area contributed by atoms with E-state index in [1.54, 1.807) is 18.2 Å². The third kappa shape index (κ3) is 2.99. The number of aromatic nitrogens is 1. The van der Waals surface area contributed by atoms with Crippen LogP contribution in [-0.2, 0) is 21.9 Å². The topological polar surface area (TPSA) is 96.1 Å². The second kappa shape index (κ2) is 6.98. The minimum Gasteiger partial charge on any atom is -0.495 e. The normalized spacial score (nSPS) is 18.5. The first-order valence-corrected chi connectivity index (χ1v) is 12.5. The standard InChI is InChI=1S/C24H25N3O5S/c1-26(33(29,30)21-6-4-3-5-20(21)31-2)23-18-12-24(9-10-24)19-8-7-15(27-13-16(28)14-27)11-17(19)22(18)32-25-23/h3-8,11,16,28H,9-10,12-14H2,1-2H3. The van der Waals surface area contributed by atoms with Crippen LogP contribution in [0.5, 0.6) is 5.75 Å². The van der Waals surface area contributed by atoms with E-state index < -0.39 is 10.0 Å². The van der Waals surface area contributed by atoms with Gasteiger partial charge in [-0.2, -0.15) is 0 Å². The second-order valence-electron chi connectivity index (χ2n) is 9.18. The molecule has 8 nitrogen and oxygen atoms in total. The summed E-state index contributed by atoms with van der Waals surface area (Å²) in [7, 11) is -0.945. The molecule has 0 bridgehead atoms. The number of fused-ring (bicyclic) bond motifs is 4. The maximum Gasteiger partial charge on any atom is 0.269 e. The molecular weight excluding hydrogens is 442 g/mol. The van der Waals surface area contributed by atoms with Crippen molar-refractivity contribution in [1.29, 1.82) is 0 Å². The average molecular weight is 468 g/mol. The highest BCUT2D eigenvalue weighted by molar-refractivity contribution is 7.92. The van der Waals surface area contributed by atoms with Gasteiger partial charge in [0.2, 0.25) is 0 Å². The zero-order valence-corrected chi connectivity index (χ0v) is 19.3. The number of para-hydroxylation sites is 1. The Balaban J connectivity index is 1.43. The lowest BCUT2D eigenvalue weighted by Gasteiger charge is -2.38. The molecule has 3 aliphatic rings. The Bertz CT molecular complexity index is 1360. The molecule has 1 aromatic heterocycles. The van der Waals surface area contributed by atoms with Crippen LogP contribution in [0, 0.1) is 0 Å². The number of hydrogen-bond donors (Lipinski definition) is 1. The van der Waals surface area contributed by atoms with Crippen molar-refractivity contribution in [2.24, 2.45) is 0 Å². The number of aliphatic hydroxyl groups is 1. The predicted molar refractivity (Wildman–Crippen MR) is 123 cm³/mol. The Hall–Kier alpha value is -3.04. The number of aliphatic hydroxyl groups excluding tert-OH is 1. The van der Waals surface area contributed by atoms with Crippen LogP contribution in [0.25, 0.3) is 11.3 Å². The molecule has 3 aromatic rings. The Morgan fingerprint density at radius 1 is 1.21 bits per heavy atom. The van der Waals surface area contributed by atoms with E-state index in [0.717, 1.165) is 29.7 Å². The summed E-state index contributed by atoms with van der Waals surface area (Å²) in [6.07, 6.45) is 2.50. The van der Waals surface area contributed by atoms with Gasteiger partial charge in [0.05, 0.1) is 13.2 Å². The number of sulfonamides is 1. The van der Waals surface area contributed by atoms with Crippen LogP contribution >= 0.6 is 0 Å². The summed E-state index contributed by atoms with van der Waals surface area (Å²) in [6, 6.07) is 12.9. The zero-order chi connectivity index (χ0) is 23.0. The van der Waals surface area contributed by atoms with Gasteiger partial charge < -0.3 is 19.3 Å². The van der Waals surface area contributed by atoms with Gasteiger partial charge in [0.25, 0.3) is 10.0 Å². The van der Waals surface area contributed by atoms with Crippen molar-refractivity contribution in [3.63, 3.8) is 0 Å². The summed E-state index contributed by atoms with van der Waals surface area (Å²) in [5.74, 6) is 1.23. The van der Waals surface area contributed by atoms with Crippen molar-refractivity contribution >= 4 is 21.5 Å². The Labute approximate surface area is 192 Å². The summed E-state index contributed by atoms with van der Waals surface area (Å²) in [5.41, 5.74) is 4.05. The molecule has 1 aliphatic heterocycles. The number of hydrogen-bond acceptors (Lipinski definition) is 7. The first-order chi connectivity index (χ1) is 15.8. The van der Waals surface area contributed by atoms with Gasteiger partial charge in [0, 0.05) is 42.4 Å². The number of methoxy groups -OCH3 is 1.